The summed E-state index contributed by atoms with van der Waals surface area (Å²) in [6.45, 7) is 0. The van der Waals surface area contributed by atoms with E-state index in [1.807, 2.05) is 84.9 Å². The van der Waals surface area contributed by atoms with Gasteiger partial charge in [0.15, 0.2) is 6.29 Å². The Morgan fingerprint density at radius 2 is 0.824 bits per heavy atom. The Labute approximate surface area is 199 Å². The minimum Gasteiger partial charge on any atom is -0.294 e. The van der Waals surface area contributed by atoms with E-state index in [4.69, 9.17) is 0 Å². The van der Waals surface area contributed by atoms with Crippen molar-refractivity contribution in [3.8, 4) is 44.5 Å². The molecule has 34 heavy (non-hydrogen) atoms. The Balaban J connectivity index is 1.46. The minimum atomic E-state index is -0.520. The normalized spacial score (nSPS) is 10.6. The number of aldehydes is 1. The second-order valence-electron chi connectivity index (χ2n) is 8.13. The summed E-state index contributed by atoms with van der Waals surface area (Å²) in [5.41, 5.74) is 8.55. The lowest BCUT2D eigenvalue weighted by molar-refractivity contribution is -0.104. The highest BCUT2D eigenvalue weighted by molar-refractivity contribution is 6.35. The summed E-state index contributed by atoms with van der Waals surface area (Å²) in [7, 11) is 0. The maximum Gasteiger partial charge on any atom is 0.226 e. The molecule has 0 saturated carbocycles. The van der Waals surface area contributed by atoms with Gasteiger partial charge in [-0.2, -0.15) is 0 Å². The van der Waals surface area contributed by atoms with E-state index in [9.17, 15) is 9.59 Å². The molecule has 5 aromatic rings. The van der Waals surface area contributed by atoms with E-state index >= 15 is 0 Å². The Hall–Kier alpha value is -4.56. The lowest BCUT2D eigenvalue weighted by Crippen LogP contribution is -2.03. The lowest BCUT2D eigenvalue weighted by atomic mass is 9.92. The summed E-state index contributed by atoms with van der Waals surface area (Å²) in [5.74, 6) is -0.520. The monoisotopic (exact) mass is 438 g/mol. The van der Waals surface area contributed by atoms with E-state index in [-0.39, 0.29) is 0 Å². The molecule has 0 saturated heterocycles. The van der Waals surface area contributed by atoms with Gasteiger partial charge in [0, 0.05) is 5.56 Å². The molecule has 162 valence electrons. The summed E-state index contributed by atoms with van der Waals surface area (Å²) in [5, 5.41) is 0. The first-order valence-corrected chi connectivity index (χ1v) is 11.2. The Bertz CT molecular complexity index is 1430. The minimum absolute atomic E-state index is 0.385. The van der Waals surface area contributed by atoms with Gasteiger partial charge in [0.1, 0.15) is 0 Å². The first-order valence-electron chi connectivity index (χ1n) is 11.2. The average molecular weight is 439 g/mol. The fourth-order valence-corrected chi connectivity index (χ4v) is 4.20. The fraction of sp³-hybridized carbons (Fsp3) is 0. The molecular formula is C32H22O2. The summed E-state index contributed by atoms with van der Waals surface area (Å²) >= 11 is 0. The lowest BCUT2D eigenvalue weighted by Gasteiger charge is -2.11. The standard InChI is InChI=1S/C32H22O2/c33-22-32(34)31-21-29(24-9-5-2-6-10-24)19-20-30(31)28-17-15-27(16-18-28)26-13-11-25(12-14-26)23-7-3-1-4-8-23/h1-22H. The second kappa shape index (κ2) is 9.51. The van der Waals surface area contributed by atoms with Crippen molar-refractivity contribution in [2.45, 2.75) is 0 Å². The van der Waals surface area contributed by atoms with Crippen LogP contribution in [0.4, 0.5) is 0 Å². The third kappa shape index (κ3) is 4.35. The molecule has 2 heteroatoms. The summed E-state index contributed by atoms with van der Waals surface area (Å²) in [4.78, 5) is 23.8. The zero-order valence-electron chi connectivity index (χ0n) is 18.5. The van der Waals surface area contributed by atoms with Crippen LogP contribution in [0.1, 0.15) is 10.4 Å². The van der Waals surface area contributed by atoms with Gasteiger partial charge in [-0.3, -0.25) is 9.59 Å². The van der Waals surface area contributed by atoms with Gasteiger partial charge in [0.05, 0.1) is 0 Å². The Kier molecular flexibility index (Phi) is 5.96. The Morgan fingerprint density at radius 1 is 0.441 bits per heavy atom. The molecule has 0 unspecified atom stereocenters. The molecule has 0 aromatic heterocycles. The highest BCUT2D eigenvalue weighted by Gasteiger charge is 2.14. The van der Waals surface area contributed by atoms with Crippen LogP contribution in [-0.2, 0) is 4.79 Å². The van der Waals surface area contributed by atoms with Crippen molar-refractivity contribution in [3.63, 3.8) is 0 Å². The Morgan fingerprint density at radius 3 is 1.29 bits per heavy atom. The number of hydrogen-bond acceptors (Lipinski definition) is 2. The van der Waals surface area contributed by atoms with Crippen molar-refractivity contribution >= 4 is 12.1 Å². The van der Waals surface area contributed by atoms with Gasteiger partial charge in [0.25, 0.3) is 0 Å². The molecule has 2 nitrogen and oxygen atoms in total. The van der Waals surface area contributed by atoms with Gasteiger partial charge in [0.2, 0.25) is 5.78 Å². The second-order valence-corrected chi connectivity index (χ2v) is 8.13. The summed E-state index contributed by atoms with van der Waals surface area (Å²) in [6, 6.07) is 42.4. The summed E-state index contributed by atoms with van der Waals surface area (Å²) in [6.07, 6.45) is 0.385. The molecular weight excluding hydrogens is 416 g/mol. The first-order chi connectivity index (χ1) is 16.7. The molecule has 0 amide bonds. The smallest absolute Gasteiger partial charge is 0.226 e. The predicted octanol–water partition coefficient (Wildman–Crippen LogP) is 7.74. The van der Waals surface area contributed by atoms with Crippen molar-refractivity contribution in [2.24, 2.45) is 0 Å². The quantitative estimate of drug-likeness (QED) is 0.154. The zero-order valence-corrected chi connectivity index (χ0v) is 18.5. The highest BCUT2D eigenvalue weighted by atomic mass is 16.2. The maximum atomic E-state index is 12.5. The van der Waals surface area contributed by atoms with E-state index in [2.05, 4.69) is 36.4 Å². The van der Waals surface area contributed by atoms with E-state index < -0.39 is 5.78 Å². The number of benzene rings is 5. The van der Waals surface area contributed by atoms with E-state index in [1.165, 1.54) is 11.1 Å². The number of carbonyl (C=O) groups excluding carboxylic acids is 2. The molecule has 0 radical (unpaired) electrons. The number of rotatable bonds is 6. The van der Waals surface area contributed by atoms with Crippen LogP contribution in [0.3, 0.4) is 0 Å². The van der Waals surface area contributed by atoms with Crippen LogP contribution in [0, 0.1) is 0 Å². The van der Waals surface area contributed by atoms with Crippen molar-refractivity contribution in [1.29, 1.82) is 0 Å². The number of ketones is 1. The number of hydrogen-bond donors (Lipinski definition) is 0. The molecule has 5 aromatic carbocycles. The largest absolute Gasteiger partial charge is 0.294 e. The molecule has 0 aliphatic rings. The molecule has 0 aliphatic heterocycles. The van der Waals surface area contributed by atoms with Crippen molar-refractivity contribution in [2.75, 3.05) is 0 Å². The third-order valence-electron chi connectivity index (χ3n) is 6.02. The van der Waals surface area contributed by atoms with Crippen LogP contribution in [-0.4, -0.2) is 12.1 Å². The number of Topliss-reactive ketones (excluding diaryl/α,β-unsaturated/α-hetero) is 1. The van der Waals surface area contributed by atoms with Crippen LogP contribution in [0.5, 0.6) is 0 Å². The molecule has 0 heterocycles. The van der Waals surface area contributed by atoms with Gasteiger partial charge >= 0.3 is 0 Å². The number of carbonyl (C=O) groups is 2. The zero-order chi connectivity index (χ0) is 23.3. The van der Waals surface area contributed by atoms with Gasteiger partial charge in [-0.25, -0.2) is 0 Å². The molecule has 0 N–H and O–H groups in total. The summed E-state index contributed by atoms with van der Waals surface area (Å²) < 4.78 is 0. The van der Waals surface area contributed by atoms with E-state index in [0.717, 1.165) is 33.4 Å². The van der Waals surface area contributed by atoms with Crippen LogP contribution in [0.15, 0.2) is 127 Å². The third-order valence-corrected chi connectivity index (χ3v) is 6.02. The van der Waals surface area contributed by atoms with Crippen LogP contribution in [0.25, 0.3) is 44.5 Å². The molecule has 0 aliphatic carbocycles. The van der Waals surface area contributed by atoms with E-state index in [0.29, 0.717) is 11.8 Å². The van der Waals surface area contributed by atoms with Crippen LogP contribution < -0.4 is 0 Å². The predicted molar refractivity (Wildman–Crippen MR) is 139 cm³/mol. The highest BCUT2D eigenvalue weighted by Crippen LogP contribution is 2.31. The fourth-order valence-electron chi connectivity index (χ4n) is 4.20. The molecule has 5 rings (SSSR count). The SMILES string of the molecule is O=CC(=O)c1cc(-c2ccccc2)ccc1-c1ccc(-c2ccc(-c3ccccc3)cc2)cc1. The van der Waals surface area contributed by atoms with Gasteiger partial charge < -0.3 is 0 Å². The topological polar surface area (TPSA) is 34.1 Å². The van der Waals surface area contributed by atoms with Gasteiger partial charge in [-0.15, -0.1) is 0 Å². The molecule has 0 spiro atoms. The van der Waals surface area contributed by atoms with Gasteiger partial charge in [-0.05, 0) is 50.6 Å². The van der Waals surface area contributed by atoms with Crippen molar-refractivity contribution in [3.05, 3.63) is 133 Å². The van der Waals surface area contributed by atoms with Crippen molar-refractivity contribution in [1.82, 2.24) is 0 Å². The van der Waals surface area contributed by atoms with E-state index in [1.54, 1.807) is 6.07 Å². The average Bonchev–Trinajstić information content (AvgIpc) is 2.93. The molecule has 0 bridgehead atoms. The van der Waals surface area contributed by atoms with Crippen LogP contribution >= 0.6 is 0 Å². The van der Waals surface area contributed by atoms with Crippen molar-refractivity contribution < 1.29 is 9.59 Å². The first kappa shape index (κ1) is 21.3. The van der Waals surface area contributed by atoms with Crippen LogP contribution in [0.2, 0.25) is 0 Å². The van der Waals surface area contributed by atoms with Gasteiger partial charge in [-0.1, -0.05) is 121 Å². The molecule has 0 atom stereocenters. The molecule has 0 fully saturated rings. The maximum absolute atomic E-state index is 12.5.